The lowest BCUT2D eigenvalue weighted by Crippen LogP contribution is -1.99. The number of aromatic nitrogens is 2. The molecule has 0 fully saturated rings. The van der Waals surface area contributed by atoms with Crippen molar-refractivity contribution in [2.45, 2.75) is 0 Å². The summed E-state index contributed by atoms with van der Waals surface area (Å²) >= 11 is 0. The molecule has 0 bridgehead atoms. The van der Waals surface area contributed by atoms with Gasteiger partial charge in [0.25, 0.3) is 5.56 Å². The summed E-state index contributed by atoms with van der Waals surface area (Å²) in [5.41, 5.74) is 0.541. The molecular formula is C9H8N4O. The lowest BCUT2D eigenvalue weighted by molar-refractivity contribution is 0.684. The fraction of sp³-hybridized carbons (Fsp3) is 0. The van der Waals surface area contributed by atoms with Crippen LogP contribution in [0.4, 0.5) is 5.69 Å². The van der Waals surface area contributed by atoms with E-state index in [0.29, 0.717) is 0 Å². The summed E-state index contributed by atoms with van der Waals surface area (Å²) in [6.07, 6.45) is 1.51. The van der Waals surface area contributed by atoms with E-state index in [9.17, 15) is 4.79 Å². The predicted octanol–water partition coefficient (Wildman–Crippen LogP) is 1.72. The highest BCUT2D eigenvalue weighted by atomic mass is 16.1. The van der Waals surface area contributed by atoms with Crippen LogP contribution in [0.3, 0.4) is 0 Å². The normalized spacial score (nSPS) is 10.9. The molecule has 1 N–H and O–H groups in total. The highest BCUT2D eigenvalue weighted by molar-refractivity contribution is 5.34. The number of H-pyrrole nitrogens is 1. The van der Waals surface area contributed by atoms with E-state index in [1.54, 1.807) is 0 Å². The van der Waals surface area contributed by atoms with E-state index in [4.69, 9.17) is 0 Å². The van der Waals surface area contributed by atoms with E-state index < -0.39 is 0 Å². The van der Waals surface area contributed by atoms with Crippen molar-refractivity contribution < 1.29 is 0 Å². The number of benzene rings is 1. The van der Waals surface area contributed by atoms with Gasteiger partial charge in [0.1, 0.15) is 0 Å². The van der Waals surface area contributed by atoms with E-state index in [0.717, 1.165) is 5.69 Å². The Labute approximate surface area is 79.7 Å². The number of hydrogen-bond donors (Lipinski definition) is 1. The smallest absolute Gasteiger partial charge is 0.265 e. The number of aromatic amines is 1. The summed E-state index contributed by atoms with van der Waals surface area (Å²) in [7, 11) is 0. The standard InChI is InChI=1S/C9H8N4O/c14-9-6-7-13(11-9)12-10-8-4-2-1-3-5-8/h1-7H,(H,11,14)/b12-10+. The van der Waals surface area contributed by atoms with Crippen molar-refractivity contribution in [2.24, 2.45) is 10.3 Å². The molecule has 1 aromatic carbocycles. The third-order valence-corrected chi connectivity index (χ3v) is 1.60. The van der Waals surface area contributed by atoms with Gasteiger partial charge in [-0.3, -0.25) is 4.79 Å². The molecule has 0 saturated carbocycles. The Morgan fingerprint density at radius 3 is 2.57 bits per heavy atom. The first-order valence-corrected chi connectivity index (χ1v) is 4.09. The first-order chi connectivity index (χ1) is 6.84. The summed E-state index contributed by atoms with van der Waals surface area (Å²) in [4.78, 5) is 12.0. The van der Waals surface area contributed by atoms with Gasteiger partial charge in [-0.25, -0.2) is 5.10 Å². The second-order valence-corrected chi connectivity index (χ2v) is 2.66. The third kappa shape index (κ3) is 1.95. The number of rotatable bonds is 2. The predicted molar refractivity (Wildman–Crippen MR) is 51.4 cm³/mol. The van der Waals surface area contributed by atoms with Gasteiger partial charge in [-0.1, -0.05) is 18.2 Å². The van der Waals surface area contributed by atoms with Crippen LogP contribution in [0.15, 0.2) is 57.7 Å². The molecular weight excluding hydrogens is 180 g/mol. The lowest BCUT2D eigenvalue weighted by atomic mass is 10.3. The summed E-state index contributed by atoms with van der Waals surface area (Å²) in [5, 5.41) is 10.1. The summed E-state index contributed by atoms with van der Waals surface area (Å²) in [6.45, 7) is 0. The molecule has 0 unspecified atom stereocenters. The van der Waals surface area contributed by atoms with Crippen molar-refractivity contribution in [2.75, 3.05) is 0 Å². The Morgan fingerprint density at radius 1 is 1.14 bits per heavy atom. The Hall–Kier alpha value is -2.17. The van der Waals surface area contributed by atoms with E-state index >= 15 is 0 Å². The average Bonchev–Trinajstić information content (AvgIpc) is 2.63. The van der Waals surface area contributed by atoms with Crippen molar-refractivity contribution in [1.29, 1.82) is 0 Å². The van der Waals surface area contributed by atoms with E-state index in [1.807, 2.05) is 30.3 Å². The van der Waals surface area contributed by atoms with Crippen molar-refractivity contribution in [3.05, 3.63) is 52.9 Å². The molecule has 0 saturated heterocycles. The van der Waals surface area contributed by atoms with Crippen LogP contribution in [0, 0.1) is 0 Å². The molecule has 0 aliphatic heterocycles. The fourth-order valence-corrected chi connectivity index (χ4v) is 0.972. The average molecular weight is 188 g/mol. The molecule has 0 spiro atoms. The van der Waals surface area contributed by atoms with Gasteiger partial charge >= 0.3 is 0 Å². The fourth-order valence-electron chi connectivity index (χ4n) is 0.972. The minimum atomic E-state index is -0.197. The van der Waals surface area contributed by atoms with Crippen LogP contribution in [0.5, 0.6) is 0 Å². The van der Waals surface area contributed by atoms with Gasteiger partial charge in [-0.15, -0.1) is 5.11 Å². The summed E-state index contributed by atoms with van der Waals surface area (Å²) in [5.74, 6) is 0. The Kier molecular flexibility index (Phi) is 2.22. The number of nitrogens with one attached hydrogen (secondary N) is 1. The van der Waals surface area contributed by atoms with Crippen LogP contribution in [0.25, 0.3) is 0 Å². The zero-order valence-corrected chi connectivity index (χ0v) is 7.29. The third-order valence-electron chi connectivity index (χ3n) is 1.60. The topological polar surface area (TPSA) is 62.5 Å². The van der Waals surface area contributed by atoms with Crippen LogP contribution in [-0.2, 0) is 0 Å². The molecule has 2 rings (SSSR count). The van der Waals surface area contributed by atoms with Crippen LogP contribution in [0.2, 0.25) is 0 Å². The first-order valence-electron chi connectivity index (χ1n) is 4.09. The van der Waals surface area contributed by atoms with Crippen molar-refractivity contribution >= 4 is 5.69 Å². The zero-order valence-electron chi connectivity index (χ0n) is 7.29. The highest BCUT2D eigenvalue weighted by Crippen LogP contribution is 2.09. The molecule has 1 aromatic heterocycles. The maximum Gasteiger partial charge on any atom is 0.265 e. The van der Waals surface area contributed by atoms with Gasteiger partial charge in [0.15, 0.2) is 0 Å². The molecule has 0 atom stereocenters. The zero-order chi connectivity index (χ0) is 9.80. The second kappa shape index (κ2) is 3.69. The minimum Gasteiger partial charge on any atom is -0.268 e. The van der Waals surface area contributed by atoms with Crippen LogP contribution >= 0.6 is 0 Å². The Morgan fingerprint density at radius 2 is 1.93 bits per heavy atom. The van der Waals surface area contributed by atoms with E-state index in [2.05, 4.69) is 15.4 Å². The van der Waals surface area contributed by atoms with E-state index in [-0.39, 0.29) is 5.56 Å². The molecule has 2 aromatic rings. The largest absolute Gasteiger partial charge is 0.268 e. The molecule has 0 radical (unpaired) electrons. The lowest BCUT2D eigenvalue weighted by Gasteiger charge is -1.90. The van der Waals surface area contributed by atoms with Gasteiger partial charge in [-0.2, -0.15) is 4.79 Å². The molecule has 1 heterocycles. The van der Waals surface area contributed by atoms with Gasteiger partial charge in [0.2, 0.25) is 0 Å². The summed E-state index contributed by atoms with van der Waals surface area (Å²) in [6, 6.07) is 10.7. The Bertz CT molecular complexity index is 483. The van der Waals surface area contributed by atoms with Gasteiger partial charge in [-0.05, 0) is 17.4 Å². The number of nitrogens with zero attached hydrogens (tertiary/aromatic N) is 3. The maximum atomic E-state index is 10.7. The van der Waals surface area contributed by atoms with Crippen molar-refractivity contribution in [1.82, 2.24) is 9.89 Å². The highest BCUT2D eigenvalue weighted by Gasteiger charge is 1.88. The maximum absolute atomic E-state index is 10.7. The van der Waals surface area contributed by atoms with Gasteiger partial charge in [0, 0.05) is 6.07 Å². The molecule has 0 amide bonds. The van der Waals surface area contributed by atoms with Gasteiger partial charge in [0.05, 0.1) is 11.9 Å². The molecule has 0 aliphatic carbocycles. The van der Waals surface area contributed by atoms with Gasteiger partial charge < -0.3 is 0 Å². The Balaban J connectivity index is 2.19. The molecule has 14 heavy (non-hydrogen) atoms. The monoisotopic (exact) mass is 188 g/mol. The molecule has 5 heteroatoms. The minimum absolute atomic E-state index is 0.197. The van der Waals surface area contributed by atoms with Crippen molar-refractivity contribution in [3.8, 4) is 0 Å². The van der Waals surface area contributed by atoms with Crippen LogP contribution in [0.1, 0.15) is 0 Å². The second-order valence-electron chi connectivity index (χ2n) is 2.66. The number of hydrogen-bond acceptors (Lipinski definition) is 3. The quantitative estimate of drug-likeness (QED) is 0.716. The van der Waals surface area contributed by atoms with Crippen LogP contribution in [-0.4, -0.2) is 9.89 Å². The molecule has 0 aliphatic rings. The van der Waals surface area contributed by atoms with Crippen molar-refractivity contribution in [3.63, 3.8) is 0 Å². The van der Waals surface area contributed by atoms with Crippen LogP contribution < -0.4 is 5.56 Å². The summed E-state index contributed by atoms with van der Waals surface area (Å²) < 4.78 is 0. The van der Waals surface area contributed by atoms with E-state index in [1.165, 1.54) is 17.1 Å². The SMILES string of the molecule is O=c1ccn(/N=N/c2ccccc2)[nH]1. The first kappa shape index (κ1) is 8.43. The molecule has 70 valence electrons. The molecule has 5 nitrogen and oxygen atoms in total.